The van der Waals surface area contributed by atoms with Crippen molar-refractivity contribution in [3.8, 4) is 11.5 Å². The van der Waals surface area contributed by atoms with Crippen molar-refractivity contribution in [3.63, 3.8) is 0 Å². The SMILES string of the molecule is CC(=O)NCCC(F)(F)CCOc1cccc2c1C(=O)N(C1CCC(=O)NC1=O)C2=O.CCC(C)/C(C)=N\N=C(/C)CN=C(c1ccc(O)cc1)c1c(C)sc(C)c1C. The number of imide groups is 2. The zero-order chi connectivity index (χ0) is 43.6. The molecule has 0 saturated carbocycles. The number of phenols is 1. The van der Waals surface area contributed by atoms with Crippen molar-refractivity contribution >= 4 is 58.0 Å². The number of aliphatic imine (C=N–C) groups is 1. The number of alkyl halides is 2. The number of hydrogen-bond donors (Lipinski definition) is 3. The van der Waals surface area contributed by atoms with Gasteiger partial charge in [-0.3, -0.25) is 39.2 Å². The van der Waals surface area contributed by atoms with Crippen LogP contribution in [0, 0.1) is 26.7 Å². The summed E-state index contributed by atoms with van der Waals surface area (Å²) in [6, 6.07) is 10.3. The van der Waals surface area contributed by atoms with Crippen molar-refractivity contribution in [3.05, 3.63) is 80.0 Å². The predicted octanol–water partition coefficient (Wildman–Crippen LogP) is 7.12. The third-order valence-electron chi connectivity index (χ3n) is 10.1. The number of piperidine rings is 1. The molecule has 3 aromatic rings. The number of aromatic hydroxyl groups is 1. The number of carbonyl (C=O) groups is 5. The van der Waals surface area contributed by atoms with Gasteiger partial charge in [0.2, 0.25) is 17.7 Å². The minimum atomic E-state index is -3.10. The summed E-state index contributed by atoms with van der Waals surface area (Å²) in [5, 5.41) is 22.8. The first-order valence-corrected chi connectivity index (χ1v) is 20.2. The number of amides is 5. The molecule has 0 bridgehead atoms. The van der Waals surface area contributed by atoms with Crippen LogP contribution in [0.3, 0.4) is 0 Å². The van der Waals surface area contributed by atoms with Crippen molar-refractivity contribution in [2.75, 3.05) is 19.7 Å². The van der Waals surface area contributed by atoms with Crippen LogP contribution in [0.2, 0.25) is 0 Å². The quantitative estimate of drug-likeness (QED) is 0.0829. The minimum absolute atomic E-state index is 0.00428. The molecule has 1 aromatic heterocycles. The van der Waals surface area contributed by atoms with Crippen LogP contribution in [0.1, 0.15) is 114 Å². The van der Waals surface area contributed by atoms with E-state index in [0.29, 0.717) is 12.5 Å². The molecule has 2 aromatic carbocycles. The zero-order valence-electron chi connectivity index (χ0n) is 34.7. The number of fused-ring (bicyclic) bond motifs is 1. The number of carbonyl (C=O) groups excluding carboxylic acids is 5. The summed E-state index contributed by atoms with van der Waals surface area (Å²) >= 11 is 1.79. The molecule has 0 radical (unpaired) electrons. The molecular weight excluding hydrogens is 783 g/mol. The fourth-order valence-corrected chi connectivity index (χ4v) is 7.39. The Morgan fingerprint density at radius 3 is 2.32 bits per heavy atom. The molecule has 2 unspecified atom stereocenters. The van der Waals surface area contributed by atoms with Gasteiger partial charge >= 0.3 is 0 Å². The lowest BCUT2D eigenvalue weighted by molar-refractivity contribution is -0.136. The van der Waals surface area contributed by atoms with Gasteiger partial charge in [0.05, 0.1) is 35.7 Å². The van der Waals surface area contributed by atoms with E-state index in [1.165, 1.54) is 46.0 Å². The Kier molecular flexibility index (Phi) is 15.9. The van der Waals surface area contributed by atoms with Gasteiger partial charge in [-0.15, -0.1) is 11.3 Å². The van der Waals surface area contributed by atoms with E-state index < -0.39 is 60.9 Å². The van der Waals surface area contributed by atoms with Crippen LogP contribution in [0.4, 0.5) is 8.78 Å². The Hall–Kier alpha value is -5.64. The van der Waals surface area contributed by atoms with E-state index in [2.05, 4.69) is 55.5 Å². The maximum Gasteiger partial charge on any atom is 0.266 e. The molecule has 13 nitrogen and oxygen atoms in total. The van der Waals surface area contributed by atoms with E-state index in [0.717, 1.165) is 34.0 Å². The number of thiophene rings is 1. The lowest BCUT2D eigenvalue weighted by Gasteiger charge is -2.27. The van der Waals surface area contributed by atoms with Crippen molar-refractivity contribution in [2.45, 2.75) is 99.5 Å². The van der Waals surface area contributed by atoms with Gasteiger partial charge in [-0.2, -0.15) is 10.2 Å². The van der Waals surface area contributed by atoms with Crippen molar-refractivity contribution in [1.29, 1.82) is 0 Å². The van der Waals surface area contributed by atoms with Gasteiger partial charge in [-0.1, -0.05) is 19.9 Å². The normalized spacial score (nSPS) is 16.7. The lowest BCUT2D eigenvalue weighted by Crippen LogP contribution is -2.54. The second-order valence-electron chi connectivity index (χ2n) is 14.6. The highest BCUT2D eigenvalue weighted by Gasteiger charge is 2.46. The van der Waals surface area contributed by atoms with Crippen LogP contribution >= 0.6 is 11.3 Å². The summed E-state index contributed by atoms with van der Waals surface area (Å²) in [6.45, 7) is 15.8. The summed E-state index contributed by atoms with van der Waals surface area (Å²) in [5.74, 6) is -5.56. The molecule has 1 saturated heterocycles. The van der Waals surface area contributed by atoms with E-state index in [1.807, 2.05) is 26.0 Å². The maximum atomic E-state index is 13.9. The monoisotopic (exact) mass is 834 g/mol. The number of benzene rings is 2. The summed E-state index contributed by atoms with van der Waals surface area (Å²) < 4.78 is 33.3. The molecule has 59 heavy (non-hydrogen) atoms. The maximum absolute atomic E-state index is 13.9. The fraction of sp³-hybridized carbons (Fsp3) is 0.442. The highest BCUT2D eigenvalue weighted by molar-refractivity contribution is 7.12. The van der Waals surface area contributed by atoms with Crippen LogP contribution in [-0.2, 0) is 14.4 Å². The van der Waals surface area contributed by atoms with E-state index in [-0.39, 0.29) is 42.0 Å². The van der Waals surface area contributed by atoms with Crippen molar-refractivity contribution < 1.29 is 42.6 Å². The van der Waals surface area contributed by atoms with Gasteiger partial charge in [0.1, 0.15) is 17.5 Å². The number of hydrogen-bond acceptors (Lipinski definition) is 11. The number of ether oxygens (including phenoxy) is 1. The number of nitrogens with zero attached hydrogens (tertiary/aromatic N) is 4. The highest BCUT2D eigenvalue weighted by atomic mass is 32.1. The molecule has 2 atom stereocenters. The fourth-order valence-electron chi connectivity index (χ4n) is 6.32. The molecule has 3 N–H and O–H groups in total. The van der Waals surface area contributed by atoms with E-state index in [4.69, 9.17) is 9.73 Å². The molecule has 316 valence electrons. The average molecular weight is 835 g/mol. The smallest absolute Gasteiger partial charge is 0.266 e. The van der Waals surface area contributed by atoms with E-state index in [1.54, 1.807) is 23.5 Å². The van der Waals surface area contributed by atoms with Crippen LogP contribution in [-0.4, -0.2) is 88.3 Å². The molecule has 5 amide bonds. The van der Waals surface area contributed by atoms with Crippen LogP contribution in [0.15, 0.2) is 57.7 Å². The summed E-state index contributed by atoms with van der Waals surface area (Å²) in [7, 11) is 0. The Morgan fingerprint density at radius 2 is 1.71 bits per heavy atom. The molecule has 2 aliphatic rings. The molecule has 0 aliphatic carbocycles. The van der Waals surface area contributed by atoms with E-state index >= 15 is 0 Å². The van der Waals surface area contributed by atoms with Gasteiger partial charge < -0.3 is 15.2 Å². The Balaban J connectivity index is 0.000000262. The Morgan fingerprint density at radius 1 is 1.02 bits per heavy atom. The third kappa shape index (κ3) is 12.0. The molecule has 5 rings (SSSR count). The van der Waals surface area contributed by atoms with Gasteiger partial charge in [0.25, 0.3) is 17.7 Å². The summed E-state index contributed by atoms with van der Waals surface area (Å²) in [6.07, 6.45) is -0.171. The second kappa shape index (κ2) is 20.4. The summed E-state index contributed by atoms with van der Waals surface area (Å²) in [5.41, 5.74) is 6.20. The molecule has 1 fully saturated rings. The average Bonchev–Trinajstić information content (AvgIpc) is 3.59. The molecule has 16 heteroatoms. The standard InChI is InChI=1S/C23H31N3OS.C20H21F2N3O6/c1-8-14(2)17(5)26-25-15(3)13-24-23(20-9-11-21(27)12-10-20)22-16(4)18(6)28-19(22)7;1-11(26)23-9-7-20(21,22)8-10-31-14-4-2-3-12-16(14)19(30)25(18(12)29)13-5-6-15(27)24-17(13)28/h9-12,14,27H,8,13H2,1-7H3;2-4,13H,5-10H2,1H3,(H,23,26)(H,24,27,28)/b24-23?,25-15+,26-17-;. The Labute approximate surface area is 347 Å². The first-order chi connectivity index (χ1) is 27.8. The third-order valence-corrected chi connectivity index (χ3v) is 11.3. The number of halogens is 2. The van der Waals surface area contributed by atoms with Crippen LogP contribution < -0.4 is 15.4 Å². The topological polar surface area (TPSA) is 179 Å². The van der Waals surface area contributed by atoms with Crippen molar-refractivity contribution in [1.82, 2.24) is 15.5 Å². The predicted molar refractivity (Wildman–Crippen MR) is 224 cm³/mol. The number of phenolic OH excluding ortho intramolecular Hbond substituents is 1. The molecular formula is C43H52F2N6O7S. The van der Waals surface area contributed by atoms with Gasteiger partial charge in [0, 0.05) is 59.3 Å². The minimum Gasteiger partial charge on any atom is -0.508 e. The number of rotatable bonds is 15. The molecule has 2 aliphatic heterocycles. The first kappa shape index (κ1) is 46.1. The first-order valence-electron chi connectivity index (χ1n) is 19.4. The number of nitrogens with one attached hydrogen (secondary N) is 2. The molecule has 0 spiro atoms. The van der Waals surface area contributed by atoms with E-state index in [9.17, 15) is 37.9 Å². The second-order valence-corrected chi connectivity index (χ2v) is 16.1. The number of aryl methyl sites for hydroxylation is 2. The lowest BCUT2D eigenvalue weighted by atomic mass is 9.98. The highest BCUT2D eigenvalue weighted by Crippen LogP contribution is 2.34. The van der Waals surface area contributed by atoms with Crippen molar-refractivity contribution in [2.24, 2.45) is 21.1 Å². The zero-order valence-corrected chi connectivity index (χ0v) is 35.5. The summed E-state index contributed by atoms with van der Waals surface area (Å²) in [4.78, 5) is 68.1. The van der Waals surface area contributed by atoms with Gasteiger partial charge in [-0.25, -0.2) is 8.78 Å². The molecule has 3 heterocycles. The largest absolute Gasteiger partial charge is 0.508 e. The van der Waals surface area contributed by atoms with Crippen LogP contribution in [0.5, 0.6) is 11.5 Å². The Bertz CT molecular complexity index is 2160. The van der Waals surface area contributed by atoms with Crippen LogP contribution in [0.25, 0.3) is 0 Å². The van der Waals surface area contributed by atoms with Gasteiger partial charge in [0.15, 0.2) is 0 Å². The van der Waals surface area contributed by atoms with Gasteiger partial charge in [-0.05, 0) is 95.3 Å².